The van der Waals surface area contributed by atoms with Gasteiger partial charge in [-0.3, -0.25) is 4.79 Å². The van der Waals surface area contributed by atoms with Gasteiger partial charge in [-0.15, -0.1) is 0 Å². The van der Waals surface area contributed by atoms with Gasteiger partial charge < -0.3 is 14.4 Å². The monoisotopic (exact) mass is 385 g/mol. The summed E-state index contributed by atoms with van der Waals surface area (Å²) in [7, 11) is 1.63. The zero-order valence-corrected chi connectivity index (χ0v) is 16.6. The van der Waals surface area contributed by atoms with Gasteiger partial charge in [-0.2, -0.15) is 0 Å². The third-order valence-electron chi connectivity index (χ3n) is 5.32. The standard InChI is InChI=1S/C23H28FNO3/c1-17(28-16-20-6-4-8-22(15-20)27-2)23(26)25-11-9-18(10-12-25)13-19-5-3-7-21(24)14-19/h3-8,14-15,17-18H,9-13,16H2,1-2H3. The molecule has 1 aliphatic heterocycles. The minimum absolute atomic E-state index is 0.0344. The quantitative estimate of drug-likeness (QED) is 0.716. The summed E-state index contributed by atoms with van der Waals surface area (Å²) in [5, 5.41) is 0. The summed E-state index contributed by atoms with van der Waals surface area (Å²) in [6.45, 7) is 3.64. The molecule has 0 aliphatic carbocycles. The number of nitrogens with zero attached hydrogens (tertiary/aromatic N) is 1. The van der Waals surface area contributed by atoms with Crippen LogP contribution >= 0.6 is 0 Å². The summed E-state index contributed by atoms with van der Waals surface area (Å²) in [6.07, 6.45) is 2.25. The lowest BCUT2D eigenvalue weighted by Crippen LogP contribution is -2.44. The second kappa shape index (κ2) is 9.69. The maximum absolute atomic E-state index is 13.3. The number of carbonyl (C=O) groups excluding carboxylic acids is 1. The molecule has 28 heavy (non-hydrogen) atoms. The third kappa shape index (κ3) is 5.55. The topological polar surface area (TPSA) is 38.8 Å². The number of hydrogen-bond acceptors (Lipinski definition) is 3. The highest BCUT2D eigenvalue weighted by Gasteiger charge is 2.26. The van der Waals surface area contributed by atoms with Crippen LogP contribution in [0.15, 0.2) is 48.5 Å². The number of hydrogen-bond donors (Lipinski definition) is 0. The van der Waals surface area contributed by atoms with Crippen LogP contribution in [0.4, 0.5) is 4.39 Å². The minimum Gasteiger partial charge on any atom is -0.497 e. The molecule has 0 aromatic heterocycles. The van der Waals surface area contributed by atoms with Gasteiger partial charge >= 0.3 is 0 Å². The summed E-state index contributed by atoms with van der Waals surface area (Å²) in [6, 6.07) is 14.5. The lowest BCUT2D eigenvalue weighted by molar-refractivity contribution is -0.144. The predicted octanol–water partition coefficient (Wildman–Crippen LogP) is 4.22. The Bertz CT molecular complexity index is 787. The van der Waals surface area contributed by atoms with Crippen molar-refractivity contribution in [3.05, 3.63) is 65.5 Å². The number of amides is 1. The lowest BCUT2D eigenvalue weighted by Gasteiger charge is -2.33. The molecule has 2 aromatic carbocycles. The fourth-order valence-electron chi connectivity index (χ4n) is 3.67. The van der Waals surface area contributed by atoms with Crippen molar-refractivity contribution in [2.24, 2.45) is 5.92 Å². The smallest absolute Gasteiger partial charge is 0.251 e. The molecule has 4 nitrogen and oxygen atoms in total. The van der Waals surface area contributed by atoms with Crippen LogP contribution in [0, 0.1) is 11.7 Å². The first kappa shape index (κ1) is 20.3. The maximum Gasteiger partial charge on any atom is 0.251 e. The van der Waals surface area contributed by atoms with Crippen LogP contribution in [0.5, 0.6) is 5.75 Å². The zero-order chi connectivity index (χ0) is 19.9. The maximum atomic E-state index is 13.3. The molecule has 1 fully saturated rings. The molecule has 1 aliphatic rings. The SMILES string of the molecule is COc1cccc(COC(C)C(=O)N2CCC(Cc3cccc(F)c3)CC2)c1. The normalized spacial score (nSPS) is 16.0. The van der Waals surface area contributed by atoms with Gasteiger partial charge in [-0.1, -0.05) is 24.3 Å². The number of carbonyl (C=O) groups is 1. The molecule has 1 unspecified atom stereocenters. The molecular formula is C23H28FNO3. The Balaban J connectivity index is 1.44. The molecule has 1 heterocycles. The first-order valence-corrected chi connectivity index (χ1v) is 9.83. The van der Waals surface area contributed by atoms with E-state index in [4.69, 9.17) is 9.47 Å². The number of piperidine rings is 1. The molecule has 0 radical (unpaired) electrons. The van der Waals surface area contributed by atoms with Gasteiger partial charge in [0.15, 0.2) is 0 Å². The lowest BCUT2D eigenvalue weighted by atomic mass is 9.90. The molecule has 150 valence electrons. The Kier molecular flexibility index (Phi) is 7.04. The molecule has 0 bridgehead atoms. The summed E-state index contributed by atoms with van der Waals surface area (Å²) in [4.78, 5) is 14.6. The Morgan fingerprint density at radius 3 is 2.57 bits per heavy atom. The summed E-state index contributed by atoms with van der Waals surface area (Å²) in [5.74, 6) is 1.11. The Labute approximate surface area is 166 Å². The van der Waals surface area contributed by atoms with Gasteiger partial charge in [0.1, 0.15) is 17.7 Å². The Morgan fingerprint density at radius 2 is 1.86 bits per heavy atom. The molecule has 3 rings (SSSR count). The summed E-state index contributed by atoms with van der Waals surface area (Å²) < 4.78 is 24.3. The van der Waals surface area contributed by atoms with Gasteiger partial charge in [0.05, 0.1) is 13.7 Å². The number of rotatable bonds is 7. The van der Waals surface area contributed by atoms with Crippen molar-refractivity contribution in [3.63, 3.8) is 0 Å². The Hall–Kier alpha value is -2.40. The second-order valence-corrected chi connectivity index (χ2v) is 7.41. The number of likely N-dealkylation sites (tertiary alicyclic amines) is 1. The second-order valence-electron chi connectivity index (χ2n) is 7.41. The van der Waals surface area contributed by atoms with Crippen molar-refractivity contribution in [3.8, 4) is 5.75 Å². The van der Waals surface area contributed by atoms with Crippen molar-refractivity contribution in [2.75, 3.05) is 20.2 Å². The molecule has 0 N–H and O–H groups in total. The highest BCUT2D eigenvalue weighted by atomic mass is 19.1. The third-order valence-corrected chi connectivity index (χ3v) is 5.32. The molecular weight excluding hydrogens is 357 g/mol. The van der Waals surface area contributed by atoms with E-state index < -0.39 is 6.10 Å². The van der Waals surface area contributed by atoms with E-state index in [0.29, 0.717) is 12.5 Å². The van der Waals surface area contributed by atoms with E-state index >= 15 is 0 Å². The number of ether oxygens (including phenoxy) is 2. The molecule has 1 amide bonds. The molecule has 1 atom stereocenters. The van der Waals surface area contributed by atoms with Gasteiger partial charge in [0.25, 0.3) is 5.91 Å². The fraction of sp³-hybridized carbons (Fsp3) is 0.435. The van der Waals surface area contributed by atoms with Gasteiger partial charge in [0, 0.05) is 13.1 Å². The van der Waals surface area contributed by atoms with Crippen LogP contribution in [0.1, 0.15) is 30.9 Å². The molecule has 1 saturated heterocycles. The van der Waals surface area contributed by atoms with E-state index in [1.807, 2.05) is 35.2 Å². The molecule has 0 spiro atoms. The zero-order valence-electron chi connectivity index (χ0n) is 16.6. The van der Waals surface area contributed by atoms with Crippen LogP contribution in [0.3, 0.4) is 0 Å². The number of benzene rings is 2. The number of halogens is 1. The summed E-state index contributed by atoms with van der Waals surface area (Å²) >= 11 is 0. The average Bonchev–Trinajstić information content (AvgIpc) is 2.72. The van der Waals surface area contributed by atoms with Crippen LogP contribution in [-0.4, -0.2) is 37.1 Å². The van der Waals surface area contributed by atoms with Crippen LogP contribution in [0.25, 0.3) is 0 Å². The molecule has 0 saturated carbocycles. The van der Waals surface area contributed by atoms with Crippen LogP contribution in [-0.2, 0) is 22.6 Å². The highest BCUT2D eigenvalue weighted by Crippen LogP contribution is 2.23. The summed E-state index contributed by atoms with van der Waals surface area (Å²) in [5.41, 5.74) is 2.01. The first-order valence-electron chi connectivity index (χ1n) is 9.83. The number of methoxy groups -OCH3 is 1. The van der Waals surface area contributed by atoms with Crippen molar-refractivity contribution < 1.29 is 18.7 Å². The van der Waals surface area contributed by atoms with Crippen LogP contribution < -0.4 is 4.74 Å². The fourth-order valence-corrected chi connectivity index (χ4v) is 3.67. The largest absolute Gasteiger partial charge is 0.497 e. The van der Waals surface area contributed by atoms with Gasteiger partial charge in [-0.05, 0) is 67.5 Å². The van der Waals surface area contributed by atoms with E-state index in [2.05, 4.69) is 0 Å². The van der Waals surface area contributed by atoms with Crippen molar-refractivity contribution in [2.45, 2.75) is 38.9 Å². The Morgan fingerprint density at radius 1 is 1.14 bits per heavy atom. The van der Waals surface area contributed by atoms with E-state index in [0.717, 1.165) is 49.2 Å². The van der Waals surface area contributed by atoms with Gasteiger partial charge in [-0.25, -0.2) is 4.39 Å². The van der Waals surface area contributed by atoms with Gasteiger partial charge in [0.2, 0.25) is 0 Å². The average molecular weight is 385 g/mol. The van der Waals surface area contributed by atoms with E-state index in [1.165, 1.54) is 6.07 Å². The van der Waals surface area contributed by atoms with Crippen molar-refractivity contribution >= 4 is 5.91 Å². The van der Waals surface area contributed by atoms with E-state index in [9.17, 15) is 9.18 Å². The highest BCUT2D eigenvalue weighted by molar-refractivity contribution is 5.80. The van der Waals surface area contributed by atoms with E-state index in [1.54, 1.807) is 26.2 Å². The van der Waals surface area contributed by atoms with Crippen LogP contribution in [0.2, 0.25) is 0 Å². The van der Waals surface area contributed by atoms with E-state index in [-0.39, 0.29) is 11.7 Å². The van der Waals surface area contributed by atoms with Crippen molar-refractivity contribution in [1.82, 2.24) is 4.90 Å². The molecule has 2 aromatic rings. The minimum atomic E-state index is -0.481. The van der Waals surface area contributed by atoms with Crippen molar-refractivity contribution in [1.29, 1.82) is 0 Å². The first-order chi connectivity index (χ1) is 13.5. The predicted molar refractivity (Wildman–Crippen MR) is 107 cm³/mol. The molecule has 5 heteroatoms.